The van der Waals surface area contributed by atoms with Crippen molar-refractivity contribution in [3.8, 4) is 0 Å². The summed E-state index contributed by atoms with van der Waals surface area (Å²) in [5.74, 6) is -2.55. The Morgan fingerprint density at radius 3 is 2.50 bits per heavy atom. The summed E-state index contributed by atoms with van der Waals surface area (Å²) < 4.78 is 0. The van der Waals surface area contributed by atoms with Crippen LogP contribution in [0.1, 0.15) is 26.2 Å². The third-order valence-corrected chi connectivity index (χ3v) is 3.36. The number of nitrogens with one attached hydrogen (secondary N) is 3. The van der Waals surface area contributed by atoms with Crippen LogP contribution >= 0.6 is 0 Å². The van der Waals surface area contributed by atoms with E-state index in [1.807, 2.05) is 0 Å². The van der Waals surface area contributed by atoms with E-state index in [9.17, 15) is 24.3 Å². The highest BCUT2D eigenvalue weighted by Gasteiger charge is 2.30. The largest absolute Gasteiger partial charge is 0.481 e. The molecule has 124 valence electrons. The van der Waals surface area contributed by atoms with Crippen LogP contribution in [0.15, 0.2) is 0 Å². The molecule has 2 amide bonds. The van der Waals surface area contributed by atoms with Gasteiger partial charge in [-0.1, -0.05) is 0 Å². The Hall–Kier alpha value is -2.00. The maximum Gasteiger partial charge on any atom is 0.305 e. The van der Waals surface area contributed by atoms with E-state index in [0.717, 1.165) is 6.42 Å². The molecule has 0 aromatic heterocycles. The van der Waals surface area contributed by atoms with E-state index in [-0.39, 0.29) is 0 Å². The van der Waals surface area contributed by atoms with Crippen LogP contribution in [0, 0.1) is 0 Å². The van der Waals surface area contributed by atoms with Crippen molar-refractivity contribution < 1.29 is 29.4 Å². The molecule has 9 nitrogen and oxygen atoms in total. The highest BCUT2D eigenvalue weighted by atomic mass is 16.4. The summed E-state index contributed by atoms with van der Waals surface area (Å²) in [6, 6.07) is -2.93. The molecule has 0 aromatic rings. The average molecular weight is 315 g/mol. The minimum absolute atomic E-state index is 0.348. The number of carboxylic acid groups (broad SMARTS) is 1. The zero-order chi connectivity index (χ0) is 16.7. The molecular formula is C13H21N3O6. The molecule has 0 spiro atoms. The van der Waals surface area contributed by atoms with Crippen molar-refractivity contribution in [2.45, 2.75) is 50.4 Å². The number of carboxylic acids is 1. The van der Waals surface area contributed by atoms with Crippen molar-refractivity contribution in [3.05, 3.63) is 0 Å². The third kappa shape index (κ3) is 5.41. The molecule has 22 heavy (non-hydrogen) atoms. The van der Waals surface area contributed by atoms with Gasteiger partial charge < -0.3 is 31.0 Å². The summed E-state index contributed by atoms with van der Waals surface area (Å²) in [5.41, 5.74) is 0. The van der Waals surface area contributed by atoms with Gasteiger partial charge in [0.25, 0.3) is 0 Å². The molecule has 0 aromatic carbocycles. The monoisotopic (exact) mass is 315 g/mol. The van der Waals surface area contributed by atoms with E-state index in [0.29, 0.717) is 19.3 Å². The Bertz CT molecular complexity index is 433. The summed E-state index contributed by atoms with van der Waals surface area (Å²) in [5, 5.41) is 25.7. The van der Waals surface area contributed by atoms with Gasteiger partial charge in [-0.2, -0.15) is 0 Å². The lowest BCUT2D eigenvalue weighted by Gasteiger charge is -2.22. The lowest BCUT2D eigenvalue weighted by molar-refractivity contribution is -0.141. The minimum atomic E-state index is -1.31. The number of carbonyl (C=O) groups is 4. The minimum Gasteiger partial charge on any atom is -0.481 e. The Morgan fingerprint density at radius 1 is 1.36 bits per heavy atom. The number of aliphatic carboxylic acids is 1. The predicted octanol–water partition coefficient (Wildman–Crippen LogP) is -2.24. The first-order valence-electron chi connectivity index (χ1n) is 7.04. The normalized spacial score (nSPS) is 21.5. The molecule has 0 bridgehead atoms. The second-order valence-electron chi connectivity index (χ2n) is 5.22. The lowest BCUT2D eigenvalue weighted by atomic mass is 10.1. The number of hydrogen-bond acceptors (Lipinski definition) is 6. The highest BCUT2D eigenvalue weighted by Crippen LogP contribution is 2.06. The first kappa shape index (κ1) is 18.1. The quantitative estimate of drug-likeness (QED) is 0.318. The van der Waals surface area contributed by atoms with Gasteiger partial charge in [-0.3, -0.25) is 14.4 Å². The molecule has 9 heteroatoms. The van der Waals surface area contributed by atoms with Crippen LogP contribution in [-0.4, -0.2) is 65.1 Å². The number of aliphatic hydroxyl groups excluding tert-OH is 1. The fourth-order valence-corrected chi connectivity index (χ4v) is 2.10. The van der Waals surface area contributed by atoms with Gasteiger partial charge >= 0.3 is 5.97 Å². The Kier molecular flexibility index (Phi) is 6.93. The molecule has 1 fully saturated rings. The van der Waals surface area contributed by atoms with Gasteiger partial charge in [-0.25, -0.2) is 0 Å². The predicted molar refractivity (Wildman–Crippen MR) is 74.9 cm³/mol. The second kappa shape index (κ2) is 8.44. The van der Waals surface area contributed by atoms with Gasteiger partial charge in [0, 0.05) is 0 Å². The van der Waals surface area contributed by atoms with Gasteiger partial charge in [0.1, 0.15) is 18.4 Å². The van der Waals surface area contributed by atoms with Crippen molar-refractivity contribution in [3.63, 3.8) is 0 Å². The molecule has 4 atom stereocenters. The Labute approximate surface area is 127 Å². The fourth-order valence-electron chi connectivity index (χ4n) is 2.10. The number of rotatable bonds is 8. The smallest absolute Gasteiger partial charge is 0.305 e. The van der Waals surface area contributed by atoms with Crippen molar-refractivity contribution >= 4 is 24.1 Å². The zero-order valence-electron chi connectivity index (χ0n) is 12.2. The fraction of sp³-hybridized carbons (Fsp3) is 0.692. The van der Waals surface area contributed by atoms with Crippen LogP contribution in [0.3, 0.4) is 0 Å². The number of carbonyl (C=O) groups excluding carboxylic acids is 3. The van der Waals surface area contributed by atoms with Crippen molar-refractivity contribution in [2.24, 2.45) is 0 Å². The van der Waals surface area contributed by atoms with Gasteiger partial charge in [0.2, 0.25) is 11.8 Å². The maximum absolute atomic E-state index is 12.0. The topological polar surface area (TPSA) is 145 Å². The molecule has 0 radical (unpaired) electrons. The van der Waals surface area contributed by atoms with E-state index < -0.39 is 48.4 Å². The van der Waals surface area contributed by atoms with Crippen LogP contribution < -0.4 is 16.0 Å². The number of aldehydes is 1. The van der Waals surface area contributed by atoms with Gasteiger partial charge in [-0.05, 0) is 26.3 Å². The van der Waals surface area contributed by atoms with Gasteiger partial charge in [-0.15, -0.1) is 0 Å². The summed E-state index contributed by atoms with van der Waals surface area (Å²) in [7, 11) is 0. The van der Waals surface area contributed by atoms with E-state index >= 15 is 0 Å². The van der Waals surface area contributed by atoms with Crippen LogP contribution in [-0.2, 0) is 19.2 Å². The number of aliphatic hydroxyl groups is 1. The average Bonchev–Trinajstić information content (AvgIpc) is 2.96. The molecule has 1 aliphatic rings. The van der Waals surface area contributed by atoms with E-state index in [2.05, 4.69) is 16.0 Å². The molecule has 1 aliphatic heterocycles. The van der Waals surface area contributed by atoms with Crippen molar-refractivity contribution in [2.75, 3.05) is 6.54 Å². The third-order valence-electron chi connectivity index (χ3n) is 3.36. The van der Waals surface area contributed by atoms with E-state index in [1.54, 1.807) is 0 Å². The summed E-state index contributed by atoms with van der Waals surface area (Å²) >= 11 is 0. The number of amides is 2. The number of hydrogen-bond donors (Lipinski definition) is 5. The first-order valence-corrected chi connectivity index (χ1v) is 7.04. The van der Waals surface area contributed by atoms with Crippen LogP contribution in [0.25, 0.3) is 0 Å². The van der Waals surface area contributed by atoms with Crippen molar-refractivity contribution in [1.82, 2.24) is 16.0 Å². The molecule has 5 N–H and O–H groups in total. The SMILES string of the molecule is C[C@@H](O)[C@@H](C=O)NC(=O)[C@H](CC(=O)O)NC(=O)[C@@H]1CCCN1. The van der Waals surface area contributed by atoms with Crippen molar-refractivity contribution in [1.29, 1.82) is 0 Å². The molecule has 1 rings (SSSR count). The van der Waals surface area contributed by atoms with Crippen LogP contribution in [0.2, 0.25) is 0 Å². The standard InChI is InChI=1S/C13H21N3O6/c1-7(18)10(6-17)16-13(22)9(5-11(19)20)15-12(21)8-3-2-4-14-8/h6-10,14,18H,2-5H2,1H3,(H,15,21)(H,16,22)(H,19,20)/t7-,8+,9+,10-/m1/s1. The first-order chi connectivity index (χ1) is 10.3. The lowest BCUT2D eigenvalue weighted by Crippen LogP contribution is -2.55. The molecular weight excluding hydrogens is 294 g/mol. The second-order valence-corrected chi connectivity index (χ2v) is 5.22. The Balaban J connectivity index is 2.69. The van der Waals surface area contributed by atoms with Gasteiger partial charge in [0.05, 0.1) is 18.6 Å². The molecule has 0 unspecified atom stereocenters. The maximum atomic E-state index is 12.0. The summed E-state index contributed by atoms with van der Waals surface area (Å²) in [4.78, 5) is 45.6. The molecule has 0 aliphatic carbocycles. The highest BCUT2D eigenvalue weighted by molar-refractivity contribution is 5.93. The molecule has 1 heterocycles. The molecule has 1 saturated heterocycles. The Morgan fingerprint density at radius 2 is 2.05 bits per heavy atom. The van der Waals surface area contributed by atoms with Gasteiger partial charge in [0.15, 0.2) is 0 Å². The summed E-state index contributed by atoms with van der Waals surface area (Å²) in [6.07, 6.45) is 0.0383. The zero-order valence-corrected chi connectivity index (χ0v) is 12.2. The summed E-state index contributed by atoms with van der Waals surface area (Å²) in [6.45, 7) is 2.00. The molecule has 0 saturated carbocycles. The van der Waals surface area contributed by atoms with Crippen LogP contribution in [0.4, 0.5) is 0 Å². The van der Waals surface area contributed by atoms with Crippen LogP contribution in [0.5, 0.6) is 0 Å². The van der Waals surface area contributed by atoms with E-state index in [1.165, 1.54) is 6.92 Å². The van der Waals surface area contributed by atoms with E-state index in [4.69, 9.17) is 5.11 Å².